The van der Waals surface area contributed by atoms with E-state index in [2.05, 4.69) is 21.2 Å². The summed E-state index contributed by atoms with van der Waals surface area (Å²) in [5, 5.41) is 2.87. The van der Waals surface area contributed by atoms with Crippen LogP contribution in [0.2, 0.25) is 0 Å². The van der Waals surface area contributed by atoms with Crippen molar-refractivity contribution in [1.29, 1.82) is 0 Å². The number of rotatable bonds is 6. The summed E-state index contributed by atoms with van der Waals surface area (Å²) in [5.74, 6) is 0.630. The van der Waals surface area contributed by atoms with E-state index in [1.165, 1.54) is 0 Å². The smallest absolute Gasteiger partial charge is 0.224 e. The molecule has 0 radical (unpaired) electrons. The molecule has 4 nitrogen and oxygen atoms in total. The highest BCUT2D eigenvalue weighted by molar-refractivity contribution is 9.10. The topological polar surface area (TPSA) is 64.3 Å². The number of para-hydroxylation sites is 2. The molecule has 0 bridgehead atoms. The van der Waals surface area contributed by atoms with Crippen molar-refractivity contribution in [1.82, 2.24) is 0 Å². The van der Waals surface area contributed by atoms with Crippen molar-refractivity contribution in [2.75, 3.05) is 17.7 Å². The Hall–Kier alpha value is -2.01. The highest BCUT2D eigenvalue weighted by Crippen LogP contribution is 2.21. The molecule has 0 spiro atoms. The van der Waals surface area contributed by atoms with Crippen molar-refractivity contribution in [2.45, 2.75) is 19.8 Å². The Morgan fingerprint density at radius 3 is 2.77 bits per heavy atom. The highest BCUT2D eigenvalue weighted by Gasteiger charge is 2.05. The van der Waals surface area contributed by atoms with Gasteiger partial charge in [-0.1, -0.05) is 34.1 Å². The van der Waals surface area contributed by atoms with Gasteiger partial charge in [0.1, 0.15) is 5.75 Å². The van der Waals surface area contributed by atoms with Crippen LogP contribution in [-0.4, -0.2) is 12.5 Å². The van der Waals surface area contributed by atoms with Gasteiger partial charge < -0.3 is 15.8 Å². The van der Waals surface area contributed by atoms with Gasteiger partial charge in [-0.15, -0.1) is 0 Å². The number of hydrogen-bond acceptors (Lipinski definition) is 3. The SMILES string of the molecule is Cc1ccc(NC(=O)CCCOc2ccccc2N)cc1Br. The summed E-state index contributed by atoms with van der Waals surface area (Å²) in [5.41, 5.74) is 8.31. The second-order valence-corrected chi connectivity index (χ2v) is 5.86. The monoisotopic (exact) mass is 362 g/mol. The lowest BCUT2D eigenvalue weighted by atomic mass is 10.2. The number of benzene rings is 2. The molecule has 0 heterocycles. The van der Waals surface area contributed by atoms with Crippen LogP contribution in [0, 0.1) is 6.92 Å². The first-order valence-electron chi connectivity index (χ1n) is 7.09. The van der Waals surface area contributed by atoms with Gasteiger partial charge in [0.05, 0.1) is 12.3 Å². The number of nitrogens with two attached hydrogens (primary N) is 1. The van der Waals surface area contributed by atoms with Crippen molar-refractivity contribution < 1.29 is 9.53 Å². The lowest BCUT2D eigenvalue weighted by Crippen LogP contribution is -2.13. The van der Waals surface area contributed by atoms with Crippen LogP contribution >= 0.6 is 15.9 Å². The Bertz CT molecular complexity index is 659. The molecule has 0 saturated carbocycles. The third-order valence-electron chi connectivity index (χ3n) is 3.18. The highest BCUT2D eigenvalue weighted by atomic mass is 79.9. The fourth-order valence-corrected chi connectivity index (χ4v) is 2.30. The molecule has 0 saturated heterocycles. The summed E-state index contributed by atoms with van der Waals surface area (Å²) in [6.07, 6.45) is 1.03. The van der Waals surface area contributed by atoms with E-state index in [1.54, 1.807) is 6.07 Å². The molecular weight excluding hydrogens is 344 g/mol. The van der Waals surface area contributed by atoms with Crippen LogP contribution in [0.3, 0.4) is 0 Å². The Kier molecular flexibility index (Phi) is 5.83. The van der Waals surface area contributed by atoms with Crippen molar-refractivity contribution in [3.05, 3.63) is 52.5 Å². The molecule has 0 atom stereocenters. The molecule has 2 rings (SSSR count). The molecule has 0 aliphatic rings. The Labute approximate surface area is 138 Å². The van der Waals surface area contributed by atoms with Gasteiger partial charge in [-0.05, 0) is 43.2 Å². The average Bonchev–Trinajstić information content (AvgIpc) is 2.49. The van der Waals surface area contributed by atoms with E-state index in [0.717, 1.165) is 15.7 Å². The van der Waals surface area contributed by atoms with Gasteiger partial charge in [-0.2, -0.15) is 0 Å². The minimum absolute atomic E-state index is 0.0274. The van der Waals surface area contributed by atoms with E-state index >= 15 is 0 Å². The summed E-state index contributed by atoms with van der Waals surface area (Å²) in [6.45, 7) is 2.46. The van der Waals surface area contributed by atoms with Crippen molar-refractivity contribution in [3.63, 3.8) is 0 Å². The fourth-order valence-electron chi connectivity index (χ4n) is 1.92. The zero-order chi connectivity index (χ0) is 15.9. The van der Waals surface area contributed by atoms with Crippen LogP contribution in [0.25, 0.3) is 0 Å². The number of hydrogen-bond donors (Lipinski definition) is 2. The number of anilines is 2. The van der Waals surface area contributed by atoms with Gasteiger partial charge in [0.2, 0.25) is 5.91 Å². The maximum Gasteiger partial charge on any atom is 0.224 e. The number of ether oxygens (including phenoxy) is 1. The number of carbonyl (C=O) groups is 1. The Morgan fingerprint density at radius 2 is 2.05 bits per heavy atom. The molecular formula is C17H19BrN2O2. The number of carbonyl (C=O) groups excluding carboxylic acids is 1. The van der Waals surface area contributed by atoms with Crippen LogP contribution in [0.5, 0.6) is 5.75 Å². The van der Waals surface area contributed by atoms with E-state index in [-0.39, 0.29) is 5.91 Å². The normalized spacial score (nSPS) is 10.3. The van der Waals surface area contributed by atoms with Crippen LogP contribution in [0.1, 0.15) is 18.4 Å². The van der Waals surface area contributed by atoms with E-state index in [0.29, 0.717) is 30.9 Å². The molecule has 2 aromatic rings. The van der Waals surface area contributed by atoms with Gasteiger partial charge in [0, 0.05) is 16.6 Å². The van der Waals surface area contributed by atoms with Crippen molar-refractivity contribution in [3.8, 4) is 5.75 Å². The van der Waals surface area contributed by atoms with Gasteiger partial charge >= 0.3 is 0 Å². The number of amides is 1. The Morgan fingerprint density at radius 1 is 1.27 bits per heavy atom. The van der Waals surface area contributed by atoms with Gasteiger partial charge in [0.25, 0.3) is 0 Å². The zero-order valence-corrected chi connectivity index (χ0v) is 14.0. The van der Waals surface area contributed by atoms with E-state index in [1.807, 2.05) is 43.3 Å². The molecule has 3 N–H and O–H groups in total. The van der Waals surface area contributed by atoms with Crippen LogP contribution in [-0.2, 0) is 4.79 Å². The summed E-state index contributed by atoms with van der Waals surface area (Å²) >= 11 is 3.45. The van der Waals surface area contributed by atoms with Crippen molar-refractivity contribution >= 4 is 33.2 Å². The number of nitrogens with one attached hydrogen (secondary N) is 1. The number of halogens is 1. The third kappa shape index (κ3) is 4.77. The molecule has 2 aromatic carbocycles. The van der Waals surface area contributed by atoms with E-state index in [9.17, 15) is 4.79 Å². The van der Waals surface area contributed by atoms with Crippen LogP contribution in [0.15, 0.2) is 46.9 Å². The molecule has 1 amide bonds. The van der Waals surface area contributed by atoms with E-state index in [4.69, 9.17) is 10.5 Å². The quantitative estimate of drug-likeness (QED) is 0.599. The third-order valence-corrected chi connectivity index (χ3v) is 4.03. The predicted molar refractivity (Wildman–Crippen MR) is 93.1 cm³/mol. The number of aryl methyl sites for hydroxylation is 1. The maximum atomic E-state index is 11.9. The standard InChI is InChI=1S/C17H19BrN2O2/c1-12-8-9-13(11-14(12)18)20-17(21)7-4-10-22-16-6-3-2-5-15(16)19/h2-3,5-6,8-9,11H,4,7,10,19H2,1H3,(H,20,21). The average molecular weight is 363 g/mol. The molecule has 0 aliphatic heterocycles. The number of nitrogen functional groups attached to an aromatic ring is 1. The zero-order valence-electron chi connectivity index (χ0n) is 12.4. The summed E-state index contributed by atoms with van der Waals surface area (Å²) < 4.78 is 6.54. The van der Waals surface area contributed by atoms with E-state index < -0.39 is 0 Å². The van der Waals surface area contributed by atoms with Gasteiger partial charge in [0.15, 0.2) is 0 Å². The second kappa shape index (κ2) is 7.84. The lowest BCUT2D eigenvalue weighted by Gasteiger charge is -2.09. The first-order valence-corrected chi connectivity index (χ1v) is 7.89. The molecule has 0 fully saturated rings. The Balaban J connectivity index is 1.74. The minimum Gasteiger partial charge on any atom is -0.491 e. The molecule has 116 valence electrons. The fraction of sp³-hybridized carbons (Fsp3) is 0.235. The van der Waals surface area contributed by atoms with Crippen LogP contribution < -0.4 is 15.8 Å². The predicted octanol–water partition coefficient (Wildman–Crippen LogP) is 4.14. The molecule has 0 unspecified atom stereocenters. The van der Waals surface area contributed by atoms with Gasteiger partial charge in [-0.3, -0.25) is 4.79 Å². The lowest BCUT2D eigenvalue weighted by molar-refractivity contribution is -0.116. The van der Waals surface area contributed by atoms with Crippen molar-refractivity contribution in [2.24, 2.45) is 0 Å². The second-order valence-electron chi connectivity index (χ2n) is 5.00. The maximum absolute atomic E-state index is 11.9. The summed E-state index contributed by atoms with van der Waals surface area (Å²) in [6, 6.07) is 13.1. The van der Waals surface area contributed by atoms with Crippen LogP contribution in [0.4, 0.5) is 11.4 Å². The molecule has 0 aromatic heterocycles. The largest absolute Gasteiger partial charge is 0.491 e. The summed E-state index contributed by atoms with van der Waals surface area (Å²) in [7, 11) is 0. The first kappa shape index (κ1) is 16.4. The minimum atomic E-state index is -0.0274. The molecule has 22 heavy (non-hydrogen) atoms. The first-order chi connectivity index (χ1) is 10.6. The van der Waals surface area contributed by atoms with Gasteiger partial charge in [-0.25, -0.2) is 0 Å². The summed E-state index contributed by atoms with van der Waals surface area (Å²) in [4.78, 5) is 11.9. The molecule has 5 heteroatoms. The molecule has 0 aliphatic carbocycles.